The summed E-state index contributed by atoms with van der Waals surface area (Å²) in [5, 5.41) is 6.43. The Morgan fingerprint density at radius 1 is 1.29 bits per heavy atom. The van der Waals surface area contributed by atoms with Crippen molar-refractivity contribution in [2.75, 3.05) is 39.9 Å². The largest absolute Gasteiger partial charge is 0.383 e. The Morgan fingerprint density at radius 2 is 1.96 bits per heavy atom. The van der Waals surface area contributed by atoms with Crippen molar-refractivity contribution in [3.05, 3.63) is 35.9 Å². The van der Waals surface area contributed by atoms with E-state index in [4.69, 9.17) is 4.74 Å². The van der Waals surface area contributed by atoms with Crippen LogP contribution in [-0.4, -0.2) is 62.7 Å². The summed E-state index contributed by atoms with van der Waals surface area (Å²) in [6.07, 6.45) is 3.23. The number of rotatable bonds is 8. The molecule has 0 aliphatic carbocycles. The number of nitrogens with zero attached hydrogens (tertiary/aromatic N) is 2. The molecule has 1 aliphatic heterocycles. The number of ether oxygens (including phenoxy) is 1. The number of nitrogens with one attached hydrogen (secondary N) is 2. The fourth-order valence-electron chi connectivity index (χ4n) is 3.43. The number of hydrogen-bond acceptors (Lipinski definition) is 3. The summed E-state index contributed by atoms with van der Waals surface area (Å²) in [6.45, 7) is 7.22. The van der Waals surface area contributed by atoms with E-state index in [1.807, 2.05) is 18.7 Å². The number of hydrogen-bond donors (Lipinski definition) is 2. The zero-order valence-corrected chi connectivity index (χ0v) is 19.6. The third kappa shape index (κ3) is 8.77. The van der Waals surface area contributed by atoms with E-state index in [0.717, 1.165) is 38.9 Å². The summed E-state index contributed by atoms with van der Waals surface area (Å²) in [7, 11) is 1.67. The Balaban J connectivity index is 0.00000392. The minimum absolute atomic E-state index is 0. The first-order chi connectivity index (χ1) is 13.1. The second kappa shape index (κ2) is 13.8. The predicted octanol–water partition coefficient (Wildman–Crippen LogP) is 2.68. The van der Waals surface area contributed by atoms with Gasteiger partial charge in [0.1, 0.15) is 6.54 Å². The number of methoxy groups -OCH3 is 1. The second-order valence-corrected chi connectivity index (χ2v) is 7.21. The van der Waals surface area contributed by atoms with Crippen LogP contribution >= 0.6 is 24.0 Å². The fraction of sp³-hybridized carbons (Fsp3) is 0.619. The molecule has 1 heterocycles. The van der Waals surface area contributed by atoms with E-state index >= 15 is 0 Å². The maximum atomic E-state index is 12.5. The van der Waals surface area contributed by atoms with Crippen LogP contribution in [0.4, 0.5) is 0 Å². The van der Waals surface area contributed by atoms with Gasteiger partial charge in [-0.25, -0.2) is 4.99 Å². The highest BCUT2D eigenvalue weighted by molar-refractivity contribution is 14.0. The van der Waals surface area contributed by atoms with Crippen LogP contribution in [-0.2, 0) is 16.0 Å². The van der Waals surface area contributed by atoms with Gasteiger partial charge in [-0.05, 0) is 44.6 Å². The molecular weight excluding hydrogens is 467 g/mol. The van der Waals surface area contributed by atoms with E-state index in [-0.39, 0.29) is 42.5 Å². The Hall–Kier alpha value is -1.35. The van der Waals surface area contributed by atoms with Crippen LogP contribution in [0.2, 0.25) is 0 Å². The van der Waals surface area contributed by atoms with Gasteiger partial charge in [0.05, 0.1) is 6.61 Å². The Kier molecular flexibility index (Phi) is 12.1. The highest BCUT2D eigenvalue weighted by atomic mass is 127. The highest BCUT2D eigenvalue weighted by Crippen LogP contribution is 2.21. The molecule has 1 unspecified atom stereocenters. The number of carbonyl (C=O) groups excluding carboxylic acids is 1. The monoisotopic (exact) mass is 502 g/mol. The van der Waals surface area contributed by atoms with Crippen LogP contribution in [0.25, 0.3) is 0 Å². The summed E-state index contributed by atoms with van der Waals surface area (Å²) < 4.78 is 5.14. The van der Waals surface area contributed by atoms with E-state index in [2.05, 4.69) is 46.0 Å². The summed E-state index contributed by atoms with van der Waals surface area (Å²) in [4.78, 5) is 18.9. The minimum Gasteiger partial charge on any atom is -0.383 e. The van der Waals surface area contributed by atoms with Crippen LogP contribution in [0.3, 0.4) is 0 Å². The molecule has 158 valence electrons. The van der Waals surface area contributed by atoms with Crippen molar-refractivity contribution < 1.29 is 9.53 Å². The maximum absolute atomic E-state index is 12.5. The maximum Gasteiger partial charge on any atom is 0.244 e. The van der Waals surface area contributed by atoms with Crippen LogP contribution in [0.1, 0.15) is 32.3 Å². The minimum atomic E-state index is 0. The van der Waals surface area contributed by atoms with E-state index in [1.54, 1.807) is 7.11 Å². The van der Waals surface area contributed by atoms with Gasteiger partial charge in [0.2, 0.25) is 5.91 Å². The lowest BCUT2D eigenvalue weighted by Gasteiger charge is -2.32. The molecule has 0 spiro atoms. The third-order valence-corrected chi connectivity index (χ3v) is 4.85. The van der Waals surface area contributed by atoms with Gasteiger partial charge in [0, 0.05) is 32.8 Å². The molecule has 1 atom stereocenters. The fourth-order valence-corrected chi connectivity index (χ4v) is 3.43. The van der Waals surface area contributed by atoms with E-state index in [0.29, 0.717) is 18.5 Å². The average molecular weight is 502 g/mol. The van der Waals surface area contributed by atoms with Crippen LogP contribution in [0.15, 0.2) is 35.3 Å². The normalized spacial score (nSPS) is 16.2. The number of aliphatic imine (C=N–C) groups is 1. The van der Waals surface area contributed by atoms with Gasteiger partial charge in [0.15, 0.2) is 5.96 Å². The molecule has 7 heteroatoms. The number of guanidine groups is 1. The Bertz CT molecular complexity index is 589. The number of halogens is 1. The van der Waals surface area contributed by atoms with Gasteiger partial charge in [-0.1, -0.05) is 30.3 Å². The first kappa shape index (κ1) is 24.7. The molecule has 0 radical (unpaired) electrons. The van der Waals surface area contributed by atoms with Crippen molar-refractivity contribution in [1.82, 2.24) is 15.5 Å². The molecule has 6 nitrogen and oxygen atoms in total. The Labute approximate surface area is 186 Å². The van der Waals surface area contributed by atoms with Gasteiger partial charge in [-0.2, -0.15) is 0 Å². The van der Waals surface area contributed by atoms with Crippen molar-refractivity contribution in [1.29, 1.82) is 0 Å². The van der Waals surface area contributed by atoms with E-state index in [9.17, 15) is 4.79 Å². The summed E-state index contributed by atoms with van der Waals surface area (Å²) in [6, 6.07) is 10.7. The zero-order chi connectivity index (χ0) is 19.5. The van der Waals surface area contributed by atoms with Crippen molar-refractivity contribution in [2.45, 2.75) is 39.2 Å². The lowest BCUT2D eigenvalue weighted by atomic mass is 9.90. The highest BCUT2D eigenvalue weighted by Gasteiger charge is 2.22. The lowest BCUT2D eigenvalue weighted by molar-refractivity contribution is -0.130. The molecule has 0 aromatic heterocycles. The summed E-state index contributed by atoms with van der Waals surface area (Å²) >= 11 is 0. The van der Waals surface area contributed by atoms with E-state index < -0.39 is 0 Å². The Morgan fingerprint density at radius 3 is 2.57 bits per heavy atom. The smallest absolute Gasteiger partial charge is 0.244 e. The van der Waals surface area contributed by atoms with Crippen molar-refractivity contribution >= 4 is 35.8 Å². The van der Waals surface area contributed by atoms with Crippen molar-refractivity contribution in [3.63, 3.8) is 0 Å². The topological polar surface area (TPSA) is 66.0 Å². The second-order valence-electron chi connectivity index (χ2n) is 7.21. The van der Waals surface area contributed by atoms with Gasteiger partial charge < -0.3 is 20.3 Å². The molecule has 1 aromatic carbocycles. The standard InChI is InChI=1S/C21H34N4O2.HI/c1-4-22-21(24-17(2)16-27-3)23-15-20(26)25-12-10-19(11-13-25)14-18-8-6-5-7-9-18;/h5-9,17,19H,4,10-16H2,1-3H3,(H2,22,23,24);1H. The summed E-state index contributed by atoms with van der Waals surface area (Å²) in [5.41, 5.74) is 1.39. The molecule has 1 aliphatic rings. The lowest BCUT2D eigenvalue weighted by Crippen LogP contribution is -2.45. The number of piperidine rings is 1. The molecule has 1 saturated heterocycles. The predicted molar refractivity (Wildman–Crippen MR) is 125 cm³/mol. The van der Waals surface area contributed by atoms with Crippen LogP contribution in [0, 0.1) is 5.92 Å². The molecular formula is C21H35IN4O2. The number of likely N-dealkylation sites (tertiary alicyclic amines) is 1. The molecule has 2 rings (SSSR count). The molecule has 1 aromatic rings. The van der Waals surface area contributed by atoms with E-state index in [1.165, 1.54) is 5.56 Å². The number of carbonyl (C=O) groups is 1. The zero-order valence-electron chi connectivity index (χ0n) is 17.3. The first-order valence-corrected chi connectivity index (χ1v) is 9.97. The van der Waals surface area contributed by atoms with Gasteiger partial charge in [-0.3, -0.25) is 4.79 Å². The van der Waals surface area contributed by atoms with Gasteiger partial charge in [0.25, 0.3) is 0 Å². The number of amides is 1. The third-order valence-electron chi connectivity index (χ3n) is 4.85. The van der Waals surface area contributed by atoms with Gasteiger partial charge in [-0.15, -0.1) is 24.0 Å². The van der Waals surface area contributed by atoms with Crippen molar-refractivity contribution in [3.8, 4) is 0 Å². The molecule has 28 heavy (non-hydrogen) atoms. The van der Waals surface area contributed by atoms with Crippen LogP contribution < -0.4 is 10.6 Å². The molecule has 1 amide bonds. The van der Waals surface area contributed by atoms with Crippen molar-refractivity contribution in [2.24, 2.45) is 10.9 Å². The molecule has 0 bridgehead atoms. The molecule has 2 N–H and O–H groups in total. The SMILES string of the molecule is CCNC(=NCC(=O)N1CCC(Cc2ccccc2)CC1)NC(C)COC.I. The summed E-state index contributed by atoms with van der Waals surface area (Å²) in [5.74, 6) is 1.42. The molecule has 0 saturated carbocycles. The first-order valence-electron chi connectivity index (χ1n) is 9.97. The van der Waals surface area contributed by atoms with Gasteiger partial charge >= 0.3 is 0 Å². The molecule has 1 fully saturated rings. The average Bonchev–Trinajstić information content (AvgIpc) is 2.67. The van der Waals surface area contributed by atoms with Crippen LogP contribution in [0.5, 0.6) is 0 Å². The number of benzene rings is 1. The quantitative estimate of drug-likeness (QED) is 0.326.